The number of ether oxygens (including phenoxy) is 2. The van der Waals surface area contributed by atoms with E-state index in [-0.39, 0.29) is 29.8 Å². The molecule has 31 heavy (non-hydrogen) atoms. The van der Waals surface area contributed by atoms with Gasteiger partial charge in [-0.15, -0.1) is 0 Å². The molecule has 0 spiro atoms. The van der Waals surface area contributed by atoms with Gasteiger partial charge in [0.25, 0.3) is 0 Å². The first-order valence-corrected chi connectivity index (χ1v) is 12.1. The van der Waals surface area contributed by atoms with Crippen LogP contribution in [0.25, 0.3) is 0 Å². The SMILES string of the molecule is O=C(CNC(=O)C12CC3CC(CC(C3)C1)C2)N1CCC[C@@H]1c1ccc2c(c1)OCCO2. The number of nitrogens with zero attached hydrogens (tertiary/aromatic N) is 1. The number of carbonyl (C=O) groups excluding carboxylic acids is 2. The highest BCUT2D eigenvalue weighted by Crippen LogP contribution is 2.60. The minimum atomic E-state index is -0.199. The van der Waals surface area contributed by atoms with Crippen molar-refractivity contribution in [2.45, 2.75) is 57.4 Å². The lowest BCUT2D eigenvalue weighted by molar-refractivity contribution is -0.148. The summed E-state index contributed by atoms with van der Waals surface area (Å²) in [5.74, 6) is 3.87. The second-order valence-corrected chi connectivity index (χ2v) is 10.5. The first-order valence-electron chi connectivity index (χ1n) is 12.1. The maximum atomic E-state index is 13.2. The predicted molar refractivity (Wildman–Crippen MR) is 115 cm³/mol. The van der Waals surface area contributed by atoms with Crippen molar-refractivity contribution in [3.8, 4) is 11.5 Å². The Morgan fingerprint density at radius 1 is 1.00 bits per heavy atom. The van der Waals surface area contributed by atoms with E-state index in [1.807, 2.05) is 23.1 Å². The minimum Gasteiger partial charge on any atom is -0.486 e. The molecule has 6 heteroatoms. The first-order chi connectivity index (χ1) is 15.1. The number of nitrogens with one attached hydrogen (secondary N) is 1. The topological polar surface area (TPSA) is 67.9 Å². The van der Waals surface area contributed by atoms with Gasteiger partial charge in [-0.3, -0.25) is 9.59 Å². The largest absolute Gasteiger partial charge is 0.486 e. The highest BCUT2D eigenvalue weighted by Gasteiger charge is 2.54. The lowest BCUT2D eigenvalue weighted by atomic mass is 9.49. The van der Waals surface area contributed by atoms with E-state index in [0.29, 0.717) is 13.2 Å². The number of benzene rings is 1. The third-order valence-corrected chi connectivity index (χ3v) is 8.44. The smallest absolute Gasteiger partial charge is 0.242 e. The third-order valence-electron chi connectivity index (χ3n) is 8.44. The van der Waals surface area contributed by atoms with E-state index in [0.717, 1.165) is 73.5 Å². The highest BCUT2D eigenvalue weighted by molar-refractivity contribution is 5.88. The van der Waals surface area contributed by atoms with Gasteiger partial charge in [0.1, 0.15) is 13.2 Å². The molecule has 1 atom stereocenters. The van der Waals surface area contributed by atoms with E-state index in [4.69, 9.17) is 9.47 Å². The number of likely N-dealkylation sites (tertiary alicyclic amines) is 1. The van der Waals surface area contributed by atoms with E-state index in [9.17, 15) is 9.59 Å². The number of fused-ring (bicyclic) bond motifs is 1. The lowest BCUT2D eigenvalue weighted by Crippen LogP contribution is -2.54. The maximum absolute atomic E-state index is 13.2. The molecule has 2 heterocycles. The van der Waals surface area contributed by atoms with Crippen molar-refractivity contribution in [1.82, 2.24) is 10.2 Å². The molecule has 1 aromatic carbocycles. The van der Waals surface area contributed by atoms with Gasteiger partial charge in [-0.05, 0) is 86.8 Å². The van der Waals surface area contributed by atoms with E-state index in [1.165, 1.54) is 19.3 Å². The summed E-state index contributed by atoms with van der Waals surface area (Å²) in [6.07, 6.45) is 8.96. The Morgan fingerprint density at radius 2 is 1.68 bits per heavy atom. The van der Waals surface area contributed by atoms with Gasteiger partial charge in [0.15, 0.2) is 11.5 Å². The molecular weight excluding hydrogens is 392 g/mol. The summed E-state index contributed by atoms with van der Waals surface area (Å²) in [4.78, 5) is 28.3. The summed E-state index contributed by atoms with van der Waals surface area (Å²) in [6.45, 7) is 1.98. The van der Waals surface area contributed by atoms with Crippen LogP contribution in [0, 0.1) is 23.2 Å². The van der Waals surface area contributed by atoms with Crippen LogP contribution in [0.15, 0.2) is 18.2 Å². The summed E-state index contributed by atoms with van der Waals surface area (Å²) in [5, 5.41) is 3.06. The fourth-order valence-electron chi connectivity index (χ4n) is 7.51. The molecule has 1 saturated heterocycles. The Morgan fingerprint density at radius 3 is 2.39 bits per heavy atom. The lowest BCUT2D eigenvalue weighted by Gasteiger charge is -2.55. The van der Waals surface area contributed by atoms with Gasteiger partial charge in [-0.1, -0.05) is 6.07 Å². The Hall–Kier alpha value is -2.24. The molecule has 5 fully saturated rings. The zero-order valence-corrected chi connectivity index (χ0v) is 18.1. The maximum Gasteiger partial charge on any atom is 0.242 e. The van der Waals surface area contributed by atoms with E-state index < -0.39 is 0 Å². The van der Waals surface area contributed by atoms with E-state index in [2.05, 4.69) is 5.32 Å². The minimum absolute atomic E-state index is 0.0236. The van der Waals surface area contributed by atoms with Gasteiger partial charge in [-0.25, -0.2) is 0 Å². The van der Waals surface area contributed by atoms with Crippen molar-refractivity contribution in [1.29, 1.82) is 0 Å². The normalized spacial score (nSPS) is 35.3. The van der Waals surface area contributed by atoms with Gasteiger partial charge >= 0.3 is 0 Å². The molecule has 166 valence electrons. The van der Waals surface area contributed by atoms with Gasteiger partial charge in [0.05, 0.1) is 12.6 Å². The zero-order chi connectivity index (χ0) is 21.0. The van der Waals surface area contributed by atoms with Crippen LogP contribution in [0.2, 0.25) is 0 Å². The molecule has 2 amide bonds. The average molecular weight is 425 g/mol. The van der Waals surface area contributed by atoms with Crippen LogP contribution in [0.5, 0.6) is 11.5 Å². The van der Waals surface area contributed by atoms with Crippen molar-refractivity contribution in [2.75, 3.05) is 26.3 Å². The molecule has 6 aliphatic rings. The second kappa shape index (κ2) is 7.42. The predicted octanol–water partition coefficient (Wildman–Crippen LogP) is 3.45. The molecule has 7 rings (SSSR count). The number of hydrogen-bond donors (Lipinski definition) is 1. The van der Waals surface area contributed by atoms with Crippen LogP contribution in [0.3, 0.4) is 0 Å². The fourth-order valence-corrected chi connectivity index (χ4v) is 7.51. The molecule has 4 saturated carbocycles. The van der Waals surface area contributed by atoms with Crippen LogP contribution in [-0.4, -0.2) is 43.0 Å². The number of rotatable bonds is 4. The van der Waals surface area contributed by atoms with Crippen LogP contribution >= 0.6 is 0 Å². The summed E-state index contributed by atoms with van der Waals surface area (Å²) < 4.78 is 11.4. The van der Waals surface area contributed by atoms with Crippen LogP contribution in [0.1, 0.15) is 63.0 Å². The quantitative estimate of drug-likeness (QED) is 0.804. The number of carbonyl (C=O) groups is 2. The van der Waals surface area contributed by atoms with Crippen LogP contribution in [-0.2, 0) is 9.59 Å². The van der Waals surface area contributed by atoms with Crippen LogP contribution < -0.4 is 14.8 Å². The van der Waals surface area contributed by atoms with Crippen molar-refractivity contribution in [3.05, 3.63) is 23.8 Å². The average Bonchev–Trinajstić information content (AvgIpc) is 3.26. The molecule has 4 bridgehead atoms. The summed E-state index contributed by atoms with van der Waals surface area (Å²) in [6, 6.07) is 6.04. The summed E-state index contributed by atoms with van der Waals surface area (Å²) in [7, 11) is 0. The highest BCUT2D eigenvalue weighted by atomic mass is 16.6. The Labute approximate surface area is 183 Å². The van der Waals surface area contributed by atoms with Gasteiger partial charge < -0.3 is 19.7 Å². The molecule has 6 nitrogen and oxygen atoms in total. The van der Waals surface area contributed by atoms with Crippen molar-refractivity contribution in [3.63, 3.8) is 0 Å². The zero-order valence-electron chi connectivity index (χ0n) is 18.1. The van der Waals surface area contributed by atoms with Gasteiger partial charge in [-0.2, -0.15) is 0 Å². The van der Waals surface area contributed by atoms with Crippen LogP contribution in [0.4, 0.5) is 0 Å². The molecule has 2 aliphatic heterocycles. The molecular formula is C25H32N2O4. The molecule has 4 aliphatic carbocycles. The molecule has 1 N–H and O–H groups in total. The monoisotopic (exact) mass is 424 g/mol. The summed E-state index contributed by atoms with van der Waals surface area (Å²) in [5.41, 5.74) is 0.887. The fraction of sp³-hybridized carbons (Fsp3) is 0.680. The van der Waals surface area contributed by atoms with E-state index >= 15 is 0 Å². The summed E-state index contributed by atoms with van der Waals surface area (Å²) >= 11 is 0. The van der Waals surface area contributed by atoms with Crippen molar-refractivity contribution in [2.24, 2.45) is 23.2 Å². The standard InChI is InChI=1S/C25H32N2O4/c28-23(15-26-24(29)25-12-16-8-17(13-25)10-18(9-16)14-25)27-5-1-2-20(27)19-3-4-21-22(11-19)31-7-6-30-21/h3-4,11,16-18,20H,1-2,5-10,12-15H2,(H,26,29)/t16?,17?,18?,20-,25?/m1/s1. The Kier molecular flexibility index (Phi) is 4.65. The number of hydrogen-bond acceptors (Lipinski definition) is 4. The Balaban J connectivity index is 1.11. The number of amides is 2. The van der Waals surface area contributed by atoms with Gasteiger partial charge in [0.2, 0.25) is 11.8 Å². The van der Waals surface area contributed by atoms with Crippen molar-refractivity contribution >= 4 is 11.8 Å². The third kappa shape index (κ3) is 3.39. The molecule has 0 aromatic heterocycles. The molecule has 1 aromatic rings. The first kappa shape index (κ1) is 19.4. The van der Waals surface area contributed by atoms with Gasteiger partial charge in [0, 0.05) is 12.0 Å². The second-order valence-electron chi connectivity index (χ2n) is 10.5. The van der Waals surface area contributed by atoms with Crippen molar-refractivity contribution < 1.29 is 19.1 Å². The Bertz CT molecular complexity index is 862. The molecule has 0 radical (unpaired) electrons. The van der Waals surface area contributed by atoms with E-state index in [1.54, 1.807) is 0 Å². The molecule has 0 unspecified atom stereocenters.